The van der Waals surface area contributed by atoms with Crippen LogP contribution in [-0.2, 0) is 42.1 Å². The van der Waals surface area contributed by atoms with Crippen molar-refractivity contribution >= 4 is 11.8 Å². The van der Waals surface area contributed by atoms with Gasteiger partial charge in [-0.05, 0) is 42.9 Å². The molecular formula is C21H26N4O2. The summed E-state index contributed by atoms with van der Waals surface area (Å²) in [5, 5.41) is 7.68. The van der Waals surface area contributed by atoms with Gasteiger partial charge in [-0.25, -0.2) is 0 Å². The summed E-state index contributed by atoms with van der Waals surface area (Å²) in [4.78, 5) is 26.2. The average molecular weight is 366 g/mol. The Morgan fingerprint density at radius 1 is 1.22 bits per heavy atom. The van der Waals surface area contributed by atoms with E-state index in [9.17, 15) is 9.59 Å². The van der Waals surface area contributed by atoms with E-state index in [1.807, 2.05) is 21.7 Å². The van der Waals surface area contributed by atoms with E-state index in [1.165, 1.54) is 11.1 Å². The predicted molar refractivity (Wildman–Crippen MR) is 102 cm³/mol. The molecule has 6 heteroatoms. The van der Waals surface area contributed by atoms with Crippen molar-refractivity contribution in [3.8, 4) is 0 Å². The van der Waals surface area contributed by atoms with E-state index in [0.29, 0.717) is 13.1 Å². The van der Waals surface area contributed by atoms with Crippen LogP contribution in [0.4, 0.5) is 0 Å². The number of carbonyl (C=O) groups excluding carboxylic acids is 2. The van der Waals surface area contributed by atoms with Crippen molar-refractivity contribution in [3.63, 3.8) is 0 Å². The van der Waals surface area contributed by atoms with Crippen LogP contribution in [-0.4, -0.2) is 33.0 Å². The third-order valence-electron chi connectivity index (χ3n) is 5.67. The predicted octanol–water partition coefficient (Wildman–Crippen LogP) is 2.06. The molecule has 1 aliphatic carbocycles. The lowest BCUT2D eigenvalue weighted by Crippen LogP contribution is -2.33. The summed E-state index contributed by atoms with van der Waals surface area (Å²) in [7, 11) is 0. The quantitative estimate of drug-likeness (QED) is 0.904. The minimum atomic E-state index is 0.0357. The first-order valence-corrected chi connectivity index (χ1v) is 9.76. The molecule has 2 heterocycles. The Bertz CT molecular complexity index is 858. The zero-order chi connectivity index (χ0) is 18.8. The SMILES string of the molecule is CC(=O)N1CCCn2nc(CNC(=O)[C@H]3CCc4ccccc4C3)cc2C1. The fourth-order valence-corrected chi connectivity index (χ4v) is 4.12. The maximum Gasteiger partial charge on any atom is 0.223 e. The third kappa shape index (κ3) is 3.89. The second kappa shape index (κ2) is 7.55. The van der Waals surface area contributed by atoms with Crippen molar-refractivity contribution in [3.05, 3.63) is 52.8 Å². The van der Waals surface area contributed by atoms with Gasteiger partial charge < -0.3 is 10.2 Å². The largest absolute Gasteiger partial charge is 0.350 e. The van der Waals surface area contributed by atoms with Crippen molar-refractivity contribution in [2.24, 2.45) is 5.92 Å². The first kappa shape index (κ1) is 17.8. The van der Waals surface area contributed by atoms with Crippen LogP contribution in [0.25, 0.3) is 0 Å². The molecule has 4 rings (SSSR count). The Hall–Kier alpha value is -2.63. The van der Waals surface area contributed by atoms with E-state index in [0.717, 1.165) is 50.2 Å². The average Bonchev–Trinajstić information content (AvgIpc) is 2.95. The van der Waals surface area contributed by atoms with E-state index in [-0.39, 0.29) is 17.7 Å². The highest BCUT2D eigenvalue weighted by Gasteiger charge is 2.24. The number of hydrogen-bond donors (Lipinski definition) is 1. The monoisotopic (exact) mass is 366 g/mol. The Kier molecular flexibility index (Phi) is 4.97. The molecular weight excluding hydrogens is 340 g/mol. The second-order valence-corrected chi connectivity index (χ2v) is 7.57. The molecule has 142 valence electrons. The highest BCUT2D eigenvalue weighted by atomic mass is 16.2. The van der Waals surface area contributed by atoms with Gasteiger partial charge >= 0.3 is 0 Å². The molecule has 0 saturated heterocycles. The molecule has 1 aromatic heterocycles. The zero-order valence-corrected chi connectivity index (χ0v) is 15.8. The number of benzene rings is 1. The molecule has 1 aliphatic heterocycles. The summed E-state index contributed by atoms with van der Waals surface area (Å²) in [6.07, 6.45) is 3.58. The van der Waals surface area contributed by atoms with Gasteiger partial charge in [-0.15, -0.1) is 0 Å². The van der Waals surface area contributed by atoms with Crippen LogP contribution < -0.4 is 5.32 Å². The molecule has 2 amide bonds. The minimum absolute atomic E-state index is 0.0357. The molecule has 0 spiro atoms. The summed E-state index contributed by atoms with van der Waals surface area (Å²) in [6.45, 7) is 4.22. The van der Waals surface area contributed by atoms with Crippen LogP contribution in [0.3, 0.4) is 0 Å². The number of rotatable bonds is 3. The maximum atomic E-state index is 12.6. The van der Waals surface area contributed by atoms with Crippen LogP contribution >= 0.6 is 0 Å². The van der Waals surface area contributed by atoms with Crippen LogP contribution in [0.2, 0.25) is 0 Å². The molecule has 6 nitrogen and oxygen atoms in total. The maximum absolute atomic E-state index is 12.6. The number of nitrogens with one attached hydrogen (secondary N) is 1. The Balaban J connectivity index is 1.36. The molecule has 2 aliphatic rings. The number of hydrogen-bond acceptors (Lipinski definition) is 3. The van der Waals surface area contributed by atoms with E-state index in [1.54, 1.807) is 6.92 Å². The van der Waals surface area contributed by atoms with E-state index in [4.69, 9.17) is 0 Å². The van der Waals surface area contributed by atoms with Gasteiger partial charge in [0.25, 0.3) is 0 Å². The molecule has 2 aromatic rings. The summed E-state index contributed by atoms with van der Waals surface area (Å²) in [5.41, 5.74) is 4.56. The van der Waals surface area contributed by atoms with Crippen LogP contribution in [0, 0.1) is 5.92 Å². The number of carbonyl (C=O) groups is 2. The lowest BCUT2D eigenvalue weighted by atomic mass is 9.83. The summed E-state index contributed by atoms with van der Waals surface area (Å²) >= 11 is 0. The molecule has 1 atom stereocenters. The molecule has 27 heavy (non-hydrogen) atoms. The number of nitrogens with zero attached hydrogens (tertiary/aromatic N) is 3. The van der Waals surface area contributed by atoms with Crippen molar-refractivity contribution < 1.29 is 9.59 Å². The lowest BCUT2D eigenvalue weighted by molar-refractivity contribution is -0.129. The summed E-state index contributed by atoms with van der Waals surface area (Å²) in [5.74, 6) is 0.240. The zero-order valence-electron chi connectivity index (χ0n) is 15.8. The van der Waals surface area contributed by atoms with Crippen molar-refractivity contribution in [2.75, 3.05) is 6.54 Å². The van der Waals surface area contributed by atoms with Crippen LogP contribution in [0.1, 0.15) is 42.3 Å². The van der Waals surface area contributed by atoms with Crippen LogP contribution in [0.5, 0.6) is 0 Å². The van der Waals surface area contributed by atoms with Gasteiger partial charge in [-0.3, -0.25) is 14.3 Å². The molecule has 0 fully saturated rings. The first-order valence-electron chi connectivity index (χ1n) is 9.76. The van der Waals surface area contributed by atoms with Gasteiger partial charge in [0.1, 0.15) is 0 Å². The van der Waals surface area contributed by atoms with Gasteiger partial charge in [0.15, 0.2) is 0 Å². The van der Waals surface area contributed by atoms with Crippen LogP contribution in [0.15, 0.2) is 30.3 Å². The normalized spacial score (nSPS) is 19.0. The number of amides is 2. The topological polar surface area (TPSA) is 67.2 Å². The number of aryl methyl sites for hydroxylation is 2. The molecule has 0 bridgehead atoms. The number of fused-ring (bicyclic) bond motifs is 2. The van der Waals surface area contributed by atoms with E-state index in [2.05, 4.69) is 28.6 Å². The summed E-state index contributed by atoms with van der Waals surface area (Å²) < 4.78 is 1.97. The smallest absolute Gasteiger partial charge is 0.223 e. The Morgan fingerprint density at radius 2 is 2.04 bits per heavy atom. The highest BCUT2D eigenvalue weighted by Crippen LogP contribution is 2.25. The fourth-order valence-electron chi connectivity index (χ4n) is 4.12. The Morgan fingerprint density at radius 3 is 2.85 bits per heavy atom. The van der Waals surface area contributed by atoms with Gasteiger partial charge in [0, 0.05) is 25.9 Å². The third-order valence-corrected chi connectivity index (χ3v) is 5.67. The van der Waals surface area contributed by atoms with Gasteiger partial charge in [0.2, 0.25) is 11.8 Å². The summed E-state index contributed by atoms with van der Waals surface area (Å²) in [6, 6.07) is 10.4. The molecule has 0 radical (unpaired) electrons. The fraction of sp³-hybridized carbons (Fsp3) is 0.476. The van der Waals surface area contributed by atoms with E-state index < -0.39 is 0 Å². The molecule has 0 unspecified atom stereocenters. The van der Waals surface area contributed by atoms with Gasteiger partial charge in [-0.2, -0.15) is 5.10 Å². The Labute approximate surface area is 159 Å². The second-order valence-electron chi connectivity index (χ2n) is 7.57. The van der Waals surface area contributed by atoms with Gasteiger partial charge in [0.05, 0.1) is 24.5 Å². The van der Waals surface area contributed by atoms with Crippen molar-refractivity contribution in [2.45, 2.75) is 52.2 Å². The molecule has 0 saturated carbocycles. The number of aromatic nitrogens is 2. The van der Waals surface area contributed by atoms with Crippen molar-refractivity contribution in [1.29, 1.82) is 0 Å². The first-order chi connectivity index (χ1) is 13.1. The highest BCUT2D eigenvalue weighted by molar-refractivity contribution is 5.79. The van der Waals surface area contributed by atoms with Crippen molar-refractivity contribution in [1.82, 2.24) is 20.0 Å². The minimum Gasteiger partial charge on any atom is -0.350 e. The standard InChI is InChI=1S/C21H26N4O2/c1-15(26)24-9-4-10-25-20(14-24)12-19(23-25)13-22-21(27)18-8-7-16-5-2-3-6-17(16)11-18/h2-3,5-6,12,18H,4,7-11,13-14H2,1H3,(H,22,27)/t18-/m0/s1. The lowest BCUT2D eigenvalue weighted by Gasteiger charge is -2.23. The molecule has 1 N–H and O–H groups in total. The van der Waals surface area contributed by atoms with Gasteiger partial charge in [-0.1, -0.05) is 24.3 Å². The van der Waals surface area contributed by atoms with E-state index >= 15 is 0 Å². The molecule has 1 aromatic carbocycles.